The highest BCUT2D eigenvalue weighted by Gasteiger charge is 2.20. The topological polar surface area (TPSA) is 96.9 Å². The van der Waals surface area contributed by atoms with Gasteiger partial charge in [-0.2, -0.15) is 0 Å². The van der Waals surface area contributed by atoms with E-state index in [4.69, 9.17) is 14.2 Å². The first-order valence-electron chi connectivity index (χ1n) is 9.44. The molecule has 0 bridgehead atoms. The van der Waals surface area contributed by atoms with Crippen LogP contribution in [0.3, 0.4) is 0 Å². The Morgan fingerprint density at radius 3 is 2.41 bits per heavy atom. The Bertz CT molecular complexity index is 977. The molecule has 0 aliphatic heterocycles. The number of aromatic carboxylic acids is 1. The lowest BCUT2D eigenvalue weighted by atomic mass is 10.0. The molecule has 156 valence electrons. The number of rotatable bonds is 11. The summed E-state index contributed by atoms with van der Waals surface area (Å²) in [6.45, 7) is 3.64. The second kappa shape index (κ2) is 9.80. The van der Waals surface area contributed by atoms with Crippen molar-refractivity contribution in [3.63, 3.8) is 0 Å². The van der Waals surface area contributed by atoms with Crippen molar-refractivity contribution in [3.8, 4) is 0 Å². The van der Waals surface area contributed by atoms with E-state index in [2.05, 4.69) is 20.9 Å². The molecule has 0 aliphatic carbocycles. The summed E-state index contributed by atoms with van der Waals surface area (Å²) in [7, 11) is 4.93. The van der Waals surface area contributed by atoms with Crippen molar-refractivity contribution >= 4 is 27.8 Å². The summed E-state index contributed by atoms with van der Waals surface area (Å²) in [5.74, 6) is -1.06. The Balaban J connectivity index is 2.14. The lowest BCUT2D eigenvalue weighted by Gasteiger charge is -2.22. The number of fused-ring (bicyclic) bond motifs is 3. The van der Waals surface area contributed by atoms with Gasteiger partial charge in [0.25, 0.3) is 0 Å². The monoisotopic (exact) mass is 401 g/mol. The van der Waals surface area contributed by atoms with E-state index >= 15 is 0 Å². The summed E-state index contributed by atoms with van der Waals surface area (Å²) < 4.78 is 15.8. The fourth-order valence-corrected chi connectivity index (χ4v) is 3.63. The molecule has 0 spiro atoms. The number of nitrogens with zero attached hydrogens (tertiary/aromatic N) is 2. The summed E-state index contributed by atoms with van der Waals surface area (Å²) >= 11 is 0. The number of aromatic nitrogens is 2. The van der Waals surface area contributed by atoms with Crippen molar-refractivity contribution < 1.29 is 24.1 Å². The molecule has 0 saturated carbocycles. The largest absolute Gasteiger partial charge is 0.477 e. The standard InChI is InChI=1S/C21H27N3O5/c1-27-9-7-24(8-10-28-2)12-14-5-4-6-16-18(14)19-15(13-29-3)20(21(25)26)22-11-17(19)23-16/h4-6,11,23H,7-10,12-13H2,1-3H3,(H,25,26). The first-order chi connectivity index (χ1) is 14.1. The highest BCUT2D eigenvalue weighted by atomic mass is 16.5. The summed E-state index contributed by atoms with van der Waals surface area (Å²) in [5, 5.41) is 11.5. The van der Waals surface area contributed by atoms with E-state index in [1.807, 2.05) is 12.1 Å². The zero-order chi connectivity index (χ0) is 20.8. The maximum Gasteiger partial charge on any atom is 0.354 e. The average molecular weight is 401 g/mol. The van der Waals surface area contributed by atoms with Gasteiger partial charge in [0.1, 0.15) is 0 Å². The number of carboxylic acids is 1. The van der Waals surface area contributed by atoms with Gasteiger partial charge in [-0.3, -0.25) is 4.90 Å². The number of nitrogens with one attached hydrogen (secondary N) is 1. The molecule has 0 fully saturated rings. The van der Waals surface area contributed by atoms with Crippen LogP contribution < -0.4 is 0 Å². The third kappa shape index (κ3) is 4.56. The number of aromatic amines is 1. The number of pyridine rings is 1. The van der Waals surface area contributed by atoms with Crippen LogP contribution in [0.25, 0.3) is 21.8 Å². The van der Waals surface area contributed by atoms with Gasteiger partial charge < -0.3 is 24.3 Å². The van der Waals surface area contributed by atoms with E-state index < -0.39 is 5.97 Å². The maximum atomic E-state index is 11.7. The minimum absolute atomic E-state index is 0.0191. The lowest BCUT2D eigenvalue weighted by molar-refractivity contribution is 0.0685. The van der Waals surface area contributed by atoms with Crippen LogP contribution in [0.5, 0.6) is 0 Å². The van der Waals surface area contributed by atoms with Gasteiger partial charge in [0, 0.05) is 62.8 Å². The highest BCUT2D eigenvalue weighted by molar-refractivity contribution is 6.12. The molecule has 3 rings (SSSR count). The van der Waals surface area contributed by atoms with Gasteiger partial charge in [0.15, 0.2) is 5.69 Å². The molecule has 2 heterocycles. The number of hydrogen-bond donors (Lipinski definition) is 2. The average Bonchev–Trinajstić information content (AvgIpc) is 3.10. The Hall–Kier alpha value is -2.52. The van der Waals surface area contributed by atoms with Gasteiger partial charge in [-0.1, -0.05) is 12.1 Å². The molecule has 8 nitrogen and oxygen atoms in total. The van der Waals surface area contributed by atoms with Gasteiger partial charge in [0.2, 0.25) is 0 Å². The SMILES string of the molecule is COCCN(CCOC)Cc1cccc2[nH]c3cnc(C(=O)O)c(COC)c3c12. The maximum absolute atomic E-state index is 11.7. The Kier molecular flexibility index (Phi) is 7.16. The second-order valence-electron chi connectivity index (χ2n) is 6.84. The molecule has 0 saturated heterocycles. The van der Waals surface area contributed by atoms with E-state index in [1.54, 1.807) is 27.5 Å². The summed E-state index contributed by atoms with van der Waals surface area (Å²) in [5.41, 5.74) is 3.44. The molecule has 0 unspecified atom stereocenters. The Labute approximate surface area is 169 Å². The van der Waals surface area contributed by atoms with Crippen molar-refractivity contribution in [2.45, 2.75) is 13.2 Å². The molecular formula is C21H27N3O5. The molecule has 3 aromatic rings. The van der Waals surface area contributed by atoms with Crippen LogP contribution in [0.1, 0.15) is 21.6 Å². The minimum Gasteiger partial charge on any atom is -0.477 e. The fraction of sp³-hybridized carbons (Fsp3) is 0.429. The van der Waals surface area contributed by atoms with Crippen molar-refractivity contribution in [2.24, 2.45) is 0 Å². The van der Waals surface area contributed by atoms with Crippen molar-refractivity contribution in [1.29, 1.82) is 0 Å². The van der Waals surface area contributed by atoms with Gasteiger partial charge in [-0.15, -0.1) is 0 Å². The first-order valence-corrected chi connectivity index (χ1v) is 9.44. The number of ether oxygens (including phenoxy) is 3. The quantitative estimate of drug-likeness (QED) is 0.510. The van der Waals surface area contributed by atoms with Gasteiger partial charge in [-0.25, -0.2) is 9.78 Å². The van der Waals surface area contributed by atoms with Crippen LogP contribution in [0, 0.1) is 0 Å². The number of H-pyrrole nitrogens is 1. The van der Waals surface area contributed by atoms with E-state index in [-0.39, 0.29) is 12.3 Å². The number of hydrogen-bond acceptors (Lipinski definition) is 6. The van der Waals surface area contributed by atoms with E-state index in [0.717, 1.165) is 40.5 Å². The first kappa shape index (κ1) is 21.2. The van der Waals surface area contributed by atoms with Crippen molar-refractivity contribution in [2.75, 3.05) is 47.6 Å². The number of carbonyl (C=O) groups is 1. The molecule has 1 aromatic carbocycles. The third-order valence-corrected chi connectivity index (χ3v) is 4.96. The summed E-state index contributed by atoms with van der Waals surface area (Å²) in [6, 6.07) is 6.06. The molecule has 29 heavy (non-hydrogen) atoms. The molecule has 2 aromatic heterocycles. The van der Waals surface area contributed by atoms with Crippen LogP contribution in [-0.2, 0) is 27.4 Å². The lowest BCUT2D eigenvalue weighted by Crippen LogP contribution is -2.30. The van der Waals surface area contributed by atoms with Gasteiger partial charge in [-0.05, 0) is 11.6 Å². The molecule has 0 aliphatic rings. The van der Waals surface area contributed by atoms with Crippen molar-refractivity contribution in [3.05, 3.63) is 41.2 Å². The molecule has 8 heteroatoms. The predicted octanol–water partition coefficient (Wildman–Crippen LogP) is 2.66. The van der Waals surface area contributed by atoms with Crippen molar-refractivity contribution in [1.82, 2.24) is 14.9 Å². The number of benzene rings is 1. The van der Waals surface area contributed by atoms with Crippen LogP contribution in [0.2, 0.25) is 0 Å². The van der Waals surface area contributed by atoms with E-state index in [9.17, 15) is 9.90 Å². The predicted molar refractivity (Wildman–Crippen MR) is 110 cm³/mol. The number of methoxy groups -OCH3 is 3. The fourth-order valence-electron chi connectivity index (χ4n) is 3.63. The molecule has 0 amide bonds. The summed E-state index contributed by atoms with van der Waals surface area (Å²) in [6.07, 6.45) is 1.58. The van der Waals surface area contributed by atoms with Crippen LogP contribution in [-0.4, -0.2) is 73.6 Å². The van der Waals surface area contributed by atoms with Crippen LogP contribution in [0.4, 0.5) is 0 Å². The molecule has 2 N–H and O–H groups in total. The Morgan fingerprint density at radius 1 is 1.07 bits per heavy atom. The van der Waals surface area contributed by atoms with E-state index in [1.165, 1.54) is 0 Å². The minimum atomic E-state index is -1.06. The van der Waals surface area contributed by atoms with Crippen LogP contribution >= 0.6 is 0 Å². The second-order valence-corrected chi connectivity index (χ2v) is 6.84. The van der Waals surface area contributed by atoms with Gasteiger partial charge in [0.05, 0.1) is 31.5 Å². The number of carboxylic acid groups (broad SMARTS) is 1. The normalized spacial score (nSPS) is 11.7. The highest BCUT2D eigenvalue weighted by Crippen LogP contribution is 2.33. The zero-order valence-corrected chi connectivity index (χ0v) is 17.0. The Morgan fingerprint density at radius 2 is 1.79 bits per heavy atom. The molecule has 0 atom stereocenters. The smallest absolute Gasteiger partial charge is 0.354 e. The summed E-state index contributed by atoms with van der Waals surface area (Å²) in [4.78, 5) is 21.5. The van der Waals surface area contributed by atoms with E-state index in [0.29, 0.717) is 25.3 Å². The molecular weight excluding hydrogens is 374 g/mol. The van der Waals surface area contributed by atoms with Crippen LogP contribution in [0.15, 0.2) is 24.4 Å². The molecule has 0 radical (unpaired) electrons. The zero-order valence-electron chi connectivity index (χ0n) is 17.0. The van der Waals surface area contributed by atoms with Gasteiger partial charge >= 0.3 is 5.97 Å². The third-order valence-electron chi connectivity index (χ3n) is 4.96.